The lowest BCUT2D eigenvalue weighted by Crippen LogP contribution is -2.24. The largest absolute Gasteiger partial charge is 0.505 e. The lowest BCUT2D eigenvalue weighted by molar-refractivity contribution is 0.106. The van der Waals surface area contributed by atoms with Crippen LogP contribution in [-0.4, -0.2) is 29.7 Å². The van der Waals surface area contributed by atoms with Crippen LogP contribution in [0, 0.1) is 0 Å². The number of hydrogen-bond donors (Lipinski definition) is 4. The molecule has 186 valence electrons. The number of fused-ring (bicyclic) bond motifs is 1. The van der Waals surface area contributed by atoms with Crippen molar-refractivity contribution >= 4 is 39.9 Å². The van der Waals surface area contributed by atoms with E-state index < -0.39 is 0 Å². The van der Waals surface area contributed by atoms with Crippen LogP contribution in [0.15, 0.2) is 77.8 Å². The first-order chi connectivity index (χ1) is 17.6. The highest BCUT2D eigenvalue weighted by Crippen LogP contribution is 2.43. The molecule has 0 unspecified atom stereocenters. The average Bonchev–Trinajstić information content (AvgIpc) is 2.89. The number of carbonyl (C=O) groups is 1. The third-order valence-electron chi connectivity index (χ3n) is 6.06. The van der Waals surface area contributed by atoms with E-state index in [9.17, 15) is 9.90 Å². The first-order valence-electron chi connectivity index (χ1n) is 12.7. The predicted molar refractivity (Wildman–Crippen MR) is 151 cm³/mol. The third kappa shape index (κ3) is 5.77. The lowest BCUT2D eigenvalue weighted by atomic mass is 9.88. The number of phenols is 1. The zero-order valence-electron chi connectivity index (χ0n) is 21.0. The van der Waals surface area contributed by atoms with Crippen molar-refractivity contribution in [1.29, 1.82) is 0 Å². The first kappa shape index (κ1) is 25.0. The van der Waals surface area contributed by atoms with E-state index in [0.29, 0.717) is 40.5 Å². The van der Waals surface area contributed by atoms with Gasteiger partial charge in [-0.05, 0) is 49.2 Å². The van der Waals surface area contributed by atoms with Gasteiger partial charge in [0.15, 0.2) is 0 Å². The SMILES string of the molecule is CCCCN=C1C=C(Nc2ccccc2)c2c(O)c(NCCCC)cc(Nc3ccccc3)c2C1=O. The van der Waals surface area contributed by atoms with Gasteiger partial charge in [0.1, 0.15) is 11.5 Å². The molecule has 0 amide bonds. The van der Waals surface area contributed by atoms with Crippen LogP contribution < -0.4 is 16.0 Å². The van der Waals surface area contributed by atoms with Gasteiger partial charge in [-0.3, -0.25) is 9.79 Å². The number of nitrogens with zero attached hydrogens (tertiary/aromatic N) is 1. The number of anilines is 4. The number of benzene rings is 3. The summed E-state index contributed by atoms with van der Waals surface area (Å²) in [6.07, 6.45) is 5.66. The molecule has 0 aliphatic heterocycles. The van der Waals surface area contributed by atoms with Crippen LogP contribution in [-0.2, 0) is 0 Å². The minimum atomic E-state index is -0.200. The number of rotatable bonds is 11. The van der Waals surface area contributed by atoms with Crippen LogP contribution in [0.2, 0.25) is 0 Å². The Hall–Kier alpha value is -4.06. The topological polar surface area (TPSA) is 85.8 Å². The molecule has 1 aliphatic carbocycles. The second kappa shape index (κ2) is 12.1. The Labute approximate surface area is 213 Å². The molecule has 0 spiro atoms. The summed E-state index contributed by atoms with van der Waals surface area (Å²) in [6.45, 7) is 5.52. The minimum Gasteiger partial charge on any atom is -0.505 e. The fourth-order valence-corrected chi connectivity index (χ4v) is 4.13. The van der Waals surface area contributed by atoms with Crippen molar-refractivity contribution in [3.8, 4) is 5.75 Å². The Morgan fingerprint density at radius 3 is 2.08 bits per heavy atom. The molecule has 0 heterocycles. The number of carbonyl (C=O) groups excluding carboxylic acids is 1. The highest BCUT2D eigenvalue weighted by Gasteiger charge is 2.32. The molecule has 1 aliphatic rings. The number of ketones is 1. The van der Waals surface area contributed by atoms with Gasteiger partial charge in [0.05, 0.1) is 28.2 Å². The van der Waals surface area contributed by atoms with Gasteiger partial charge in [0.25, 0.3) is 0 Å². The summed E-state index contributed by atoms with van der Waals surface area (Å²) in [5.41, 5.74) is 4.83. The fourth-order valence-electron chi connectivity index (χ4n) is 4.13. The second-order valence-corrected chi connectivity index (χ2v) is 8.84. The number of aromatic hydroxyl groups is 1. The highest BCUT2D eigenvalue weighted by atomic mass is 16.3. The smallest absolute Gasteiger partial charge is 0.213 e. The number of aliphatic imine (C=N–C) groups is 1. The summed E-state index contributed by atoms with van der Waals surface area (Å²) >= 11 is 0. The molecule has 6 heteroatoms. The molecular weight excluding hydrogens is 448 g/mol. The van der Waals surface area contributed by atoms with Gasteiger partial charge in [-0.15, -0.1) is 0 Å². The fraction of sp³-hybridized carbons (Fsp3) is 0.267. The van der Waals surface area contributed by atoms with Gasteiger partial charge >= 0.3 is 0 Å². The van der Waals surface area contributed by atoms with Crippen molar-refractivity contribution < 1.29 is 9.90 Å². The molecule has 0 saturated heterocycles. The van der Waals surface area contributed by atoms with Gasteiger partial charge in [-0.1, -0.05) is 63.1 Å². The number of phenolic OH excluding ortho intramolecular Hbond substituents is 1. The van der Waals surface area contributed by atoms with E-state index in [2.05, 4.69) is 34.8 Å². The highest BCUT2D eigenvalue weighted by molar-refractivity contribution is 6.54. The zero-order chi connectivity index (χ0) is 25.3. The van der Waals surface area contributed by atoms with E-state index in [4.69, 9.17) is 0 Å². The van der Waals surface area contributed by atoms with Crippen molar-refractivity contribution in [3.63, 3.8) is 0 Å². The summed E-state index contributed by atoms with van der Waals surface area (Å²) in [5.74, 6) is -0.149. The molecule has 6 nitrogen and oxygen atoms in total. The Balaban J connectivity index is 1.88. The molecule has 0 fully saturated rings. The zero-order valence-corrected chi connectivity index (χ0v) is 21.0. The number of Topliss-reactive ketones (excluding diaryl/α,β-unsaturated/α-hetero) is 1. The molecule has 4 N–H and O–H groups in total. The molecular formula is C30H34N4O2. The predicted octanol–water partition coefficient (Wildman–Crippen LogP) is 7.24. The monoisotopic (exact) mass is 482 g/mol. The van der Waals surface area contributed by atoms with Crippen LogP contribution in [0.5, 0.6) is 5.75 Å². The number of allylic oxidation sites excluding steroid dienone is 1. The van der Waals surface area contributed by atoms with E-state index in [1.54, 1.807) is 6.08 Å². The van der Waals surface area contributed by atoms with E-state index in [1.165, 1.54) is 0 Å². The number of nitrogens with one attached hydrogen (secondary N) is 3. The van der Waals surface area contributed by atoms with Crippen LogP contribution >= 0.6 is 0 Å². The van der Waals surface area contributed by atoms with Gasteiger partial charge < -0.3 is 21.1 Å². The molecule has 36 heavy (non-hydrogen) atoms. The number of para-hydroxylation sites is 2. The third-order valence-corrected chi connectivity index (χ3v) is 6.06. The quantitative estimate of drug-likeness (QED) is 0.131. The van der Waals surface area contributed by atoms with Gasteiger partial charge in [-0.2, -0.15) is 0 Å². The number of unbranched alkanes of at least 4 members (excludes halogenated alkanes) is 2. The van der Waals surface area contributed by atoms with E-state index in [0.717, 1.165) is 43.6 Å². The summed E-state index contributed by atoms with van der Waals surface area (Å²) in [5, 5.41) is 21.6. The van der Waals surface area contributed by atoms with Crippen molar-refractivity contribution in [1.82, 2.24) is 0 Å². The summed E-state index contributed by atoms with van der Waals surface area (Å²) in [6, 6.07) is 21.3. The molecule has 0 radical (unpaired) electrons. The molecule has 3 aromatic carbocycles. The Morgan fingerprint density at radius 1 is 0.806 bits per heavy atom. The second-order valence-electron chi connectivity index (χ2n) is 8.84. The van der Waals surface area contributed by atoms with Gasteiger partial charge in [0.2, 0.25) is 5.78 Å². The van der Waals surface area contributed by atoms with Gasteiger partial charge in [0, 0.05) is 24.5 Å². The Morgan fingerprint density at radius 2 is 1.44 bits per heavy atom. The molecule has 0 aromatic heterocycles. The van der Waals surface area contributed by atoms with Crippen LogP contribution in [0.4, 0.5) is 22.7 Å². The van der Waals surface area contributed by atoms with E-state index in [-0.39, 0.29) is 11.5 Å². The maximum Gasteiger partial charge on any atom is 0.213 e. The Kier molecular flexibility index (Phi) is 8.40. The summed E-state index contributed by atoms with van der Waals surface area (Å²) < 4.78 is 0. The van der Waals surface area contributed by atoms with Crippen molar-refractivity contribution in [2.45, 2.75) is 39.5 Å². The maximum atomic E-state index is 13.8. The molecule has 0 saturated carbocycles. The number of hydrogen-bond acceptors (Lipinski definition) is 6. The minimum absolute atomic E-state index is 0.0513. The van der Waals surface area contributed by atoms with Crippen LogP contribution in [0.1, 0.15) is 55.5 Å². The Bertz CT molecular complexity index is 1250. The first-order valence-corrected chi connectivity index (χ1v) is 12.7. The standard InChI is InChI=1S/C30H34N4O2/c1-3-5-17-31-25-19-23(33-21-13-9-7-10-14-21)28-27(29(25)35)24(34-22-15-11-8-12-16-22)20-26(30(28)36)32-18-6-4-2/h7-16,19-20,31,33-35H,3-6,17-18H2,1-2H3. The van der Waals surface area contributed by atoms with E-state index in [1.807, 2.05) is 66.7 Å². The summed E-state index contributed by atoms with van der Waals surface area (Å²) in [7, 11) is 0. The lowest BCUT2D eigenvalue weighted by Gasteiger charge is -2.25. The van der Waals surface area contributed by atoms with Crippen LogP contribution in [0.3, 0.4) is 0 Å². The normalized spacial score (nSPS) is 13.8. The van der Waals surface area contributed by atoms with Crippen molar-refractivity contribution in [2.24, 2.45) is 4.99 Å². The van der Waals surface area contributed by atoms with Gasteiger partial charge in [-0.25, -0.2) is 0 Å². The average molecular weight is 483 g/mol. The van der Waals surface area contributed by atoms with E-state index >= 15 is 0 Å². The molecule has 0 bridgehead atoms. The summed E-state index contributed by atoms with van der Waals surface area (Å²) in [4.78, 5) is 18.4. The molecule has 4 rings (SSSR count). The maximum absolute atomic E-state index is 13.8. The molecule has 3 aromatic rings. The van der Waals surface area contributed by atoms with Crippen LogP contribution in [0.25, 0.3) is 5.70 Å². The van der Waals surface area contributed by atoms with Crippen molar-refractivity contribution in [3.05, 3.63) is 83.9 Å². The van der Waals surface area contributed by atoms with Crippen molar-refractivity contribution in [2.75, 3.05) is 29.0 Å². The molecule has 0 atom stereocenters.